The Morgan fingerprint density at radius 2 is 2.13 bits per heavy atom. The van der Waals surface area contributed by atoms with Gasteiger partial charge in [0.05, 0.1) is 5.75 Å². The fourth-order valence-corrected chi connectivity index (χ4v) is 3.87. The van der Waals surface area contributed by atoms with Gasteiger partial charge in [0.25, 0.3) is 5.56 Å². The molecule has 0 bridgehead atoms. The Morgan fingerprint density at radius 1 is 1.39 bits per heavy atom. The molecule has 1 N–H and O–H groups in total. The highest BCUT2D eigenvalue weighted by atomic mass is 32.2. The molecule has 2 rings (SSSR count). The molecule has 1 saturated carbocycles. The summed E-state index contributed by atoms with van der Waals surface area (Å²) >= 11 is 1.32. The van der Waals surface area contributed by atoms with Gasteiger partial charge in [0.15, 0.2) is 5.16 Å². The number of rotatable bonds is 7. The highest BCUT2D eigenvalue weighted by molar-refractivity contribution is 7.99. The third kappa shape index (κ3) is 6.01. The zero-order valence-corrected chi connectivity index (χ0v) is 15.0. The third-order valence-corrected chi connectivity index (χ3v) is 5.15. The number of H-pyrrole nitrogens is 1. The van der Waals surface area contributed by atoms with Crippen molar-refractivity contribution in [1.82, 2.24) is 14.9 Å². The lowest BCUT2D eigenvalue weighted by Gasteiger charge is -2.27. The number of hydrogen-bond acceptors (Lipinski definition) is 4. The zero-order valence-electron chi connectivity index (χ0n) is 14.1. The fraction of sp³-hybridized carbons (Fsp3) is 0.706. The summed E-state index contributed by atoms with van der Waals surface area (Å²) in [5.41, 5.74) is 0.649. The molecular weight excluding hydrogens is 310 g/mol. The number of nitrogens with one attached hydrogen (secondary N) is 1. The van der Waals surface area contributed by atoms with Crippen LogP contribution in [0.5, 0.6) is 0 Å². The molecule has 1 aromatic heterocycles. The number of aromatic amines is 1. The van der Waals surface area contributed by atoms with Gasteiger partial charge in [-0.1, -0.05) is 44.4 Å². The van der Waals surface area contributed by atoms with E-state index in [-0.39, 0.29) is 11.5 Å². The number of thioether (sulfide) groups is 1. The summed E-state index contributed by atoms with van der Waals surface area (Å²) in [5, 5.41) is 0.542. The number of carbonyl (C=O) groups is 1. The fourth-order valence-electron chi connectivity index (χ4n) is 3.04. The Bertz CT molecular complexity index is 567. The molecule has 0 aromatic carbocycles. The summed E-state index contributed by atoms with van der Waals surface area (Å²) in [5.74, 6) is 1.07. The first-order valence-corrected chi connectivity index (χ1v) is 9.54. The first kappa shape index (κ1) is 18.0. The smallest absolute Gasteiger partial charge is 0.251 e. The quantitative estimate of drug-likeness (QED) is 0.614. The summed E-state index contributed by atoms with van der Waals surface area (Å²) in [6.45, 7) is 2.90. The number of aryl methyl sites for hydroxylation is 1. The molecule has 1 aromatic rings. The van der Waals surface area contributed by atoms with Crippen LogP contribution in [0.4, 0.5) is 0 Å². The van der Waals surface area contributed by atoms with Gasteiger partial charge < -0.3 is 9.88 Å². The van der Waals surface area contributed by atoms with Crippen LogP contribution in [-0.2, 0) is 11.2 Å². The van der Waals surface area contributed by atoms with Gasteiger partial charge in [-0.2, -0.15) is 0 Å². The van der Waals surface area contributed by atoms with Gasteiger partial charge in [0.1, 0.15) is 0 Å². The molecule has 0 saturated heterocycles. The summed E-state index contributed by atoms with van der Waals surface area (Å²) in [4.78, 5) is 32.8. The van der Waals surface area contributed by atoms with Crippen LogP contribution in [0.2, 0.25) is 0 Å². The van der Waals surface area contributed by atoms with E-state index in [1.807, 2.05) is 11.9 Å². The molecule has 0 unspecified atom stereocenters. The Labute approximate surface area is 142 Å². The van der Waals surface area contributed by atoms with Crippen LogP contribution in [0.15, 0.2) is 16.0 Å². The molecule has 1 aliphatic carbocycles. The summed E-state index contributed by atoms with van der Waals surface area (Å²) in [7, 11) is 1.88. The predicted molar refractivity (Wildman–Crippen MR) is 93.8 cm³/mol. The second-order valence-electron chi connectivity index (χ2n) is 6.36. The van der Waals surface area contributed by atoms with E-state index < -0.39 is 0 Å². The van der Waals surface area contributed by atoms with Gasteiger partial charge in [0, 0.05) is 25.4 Å². The molecular formula is C17H27N3O2S. The van der Waals surface area contributed by atoms with E-state index in [0.717, 1.165) is 25.1 Å². The van der Waals surface area contributed by atoms with E-state index in [1.165, 1.54) is 49.9 Å². The van der Waals surface area contributed by atoms with Crippen LogP contribution >= 0.6 is 11.8 Å². The van der Waals surface area contributed by atoms with Crippen molar-refractivity contribution in [1.29, 1.82) is 0 Å². The predicted octanol–water partition coefficient (Wildman–Crippen LogP) is 2.85. The van der Waals surface area contributed by atoms with E-state index in [2.05, 4.69) is 16.9 Å². The Balaban J connectivity index is 1.84. The van der Waals surface area contributed by atoms with Gasteiger partial charge in [-0.15, -0.1) is 0 Å². The van der Waals surface area contributed by atoms with Crippen molar-refractivity contribution < 1.29 is 4.79 Å². The largest absolute Gasteiger partial charge is 0.345 e. The molecule has 0 aliphatic heterocycles. The van der Waals surface area contributed by atoms with E-state index >= 15 is 0 Å². The molecule has 6 heteroatoms. The van der Waals surface area contributed by atoms with Gasteiger partial charge in [-0.3, -0.25) is 9.59 Å². The normalized spacial score (nSPS) is 15.6. The molecule has 128 valence electrons. The maximum Gasteiger partial charge on any atom is 0.251 e. The molecule has 0 spiro atoms. The second kappa shape index (κ2) is 9.11. The average Bonchev–Trinajstić information content (AvgIpc) is 2.53. The molecule has 5 nitrogen and oxygen atoms in total. The minimum absolute atomic E-state index is 0.101. The highest BCUT2D eigenvalue weighted by Gasteiger charge is 2.18. The molecule has 1 amide bonds. The molecule has 23 heavy (non-hydrogen) atoms. The number of aromatic nitrogens is 2. The minimum atomic E-state index is -0.144. The second-order valence-corrected chi connectivity index (χ2v) is 7.32. The summed E-state index contributed by atoms with van der Waals surface area (Å²) in [6.07, 6.45) is 8.11. The maximum atomic E-state index is 12.3. The lowest BCUT2D eigenvalue weighted by Crippen LogP contribution is -2.33. The van der Waals surface area contributed by atoms with Crippen molar-refractivity contribution in [2.45, 2.75) is 57.0 Å². The lowest BCUT2D eigenvalue weighted by molar-refractivity contribution is -0.127. The van der Waals surface area contributed by atoms with Gasteiger partial charge in [0.2, 0.25) is 5.91 Å². The first-order chi connectivity index (χ1) is 11.1. The van der Waals surface area contributed by atoms with Gasteiger partial charge in [-0.25, -0.2) is 4.98 Å². The van der Waals surface area contributed by atoms with E-state index in [1.54, 1.807) is 0 Å². The van der Waals surface area contributed by atoms with Crippen molar-refractivity contribution in [2.24, 2.45) is 5.92 Å². The number of nitrogens with zero attached hydrogens (tertiary/aromatic N) is 2. The van der Waals surface area contributed by atoms with Crippen molar-refractivity contribution in [3.8, 4) is 0 Å². The van der Waals surface area contributed by atoms with Crippen LogP contribution < -0.4 is 5.56 Å². The van der Waals surface area contributed by atoms with Gasteiger partial charge >= 0.3 is 0 Å². The molecule has 0 radical (unpaired) electrons. The molecule has 1 aliphatic rings. The van der Waals surface area contributed by atoms with E-state index in [0.29, 0.717) is 16.8 Å². The van der Waals surface area contributed by atoms with Crippen molar-refractivity contribution >= 4 is 17.7 Å². The minimum Gasteiger partial charge on any atom is -0.345 e. The lowest BCUT2D eigenvalue weighted by atomic mass is 9.89. The Kier molecular flexibility index (Phi) is 7.15. The first-order valence-electron chi connectivity index (χ1n) is 8.55. The van der Waals surface area contributed by atoms with E-state index in [9.17, 15) is 9.59 Å². The van der Waals surface area contributed by atoms with Crippen molar-refractivity contribution in [2.75, 3.05) is 19.3 Å². The monoisotopic (exact) mass is 337 g/mol. The highest BCUT2D eigenvalue weighted by Crippen LogP contribution is 2.24. The summed E-state index contributed by atoms with van der Waals surface area (Å²) < 4.78 is 0. The van der Waals surface area contributed by atoms with Crippen LogP contribution in [0, 0.1) is 5.92 Å². The van der Waals surface area contributed by atoms with Gasteiger partial charge in [-0.05, 0) is 25.2 Å². The van der Waals surface area contributed by atoms with Crippen LogP contribution in [0.25, 0.3) is 0 Å². The van der Waals surface area contributed by atoms with Crippen LogP contribution in [-0.4, -0.2) is 40.1 Å². The third-order valence-electron chi connectivity index (χ3n) is 4.29. The topological polar surface area (TPSA) is 66.1 Å². The van der Waals surface area contributed by atoms with Crippen molar-refractivity contribution in [3.05, 3.63) is 22.1 Å². The number of hydrogen-bond donors (Lipinski definition) is 1. The van der Waals surface area contributed by atoms with Crippen LogP contribution in [0.3, 0.4) is 0 Å². The summed E-state index contributed by atoms with van der Waals surface area (Å²) in [6, 6.07) is 1.53. The molecule has 1 heterocycles. The molecule has 0 atom stereocenters. The maximum absolute atomic E-state index is 12.3. The van der Waals surface area contributed by atoms with Crippen LogP contribution in [0.1, 0.15) is 51.1 Å². The SMILES string of the molecule is CCCc1cc(=O)[nH]c(SCC(=O)N(C)CC2CCCCC2)n1. The number of amides is 1. The Morgan fingerprint density at radius 3 is 2.83 bits per heavy atom. The standard InChI is InChI=1S/C17H27N3O2S/c1-3-7-14-10-15(21)19-17(18-14)23-12-16(22)20(2)11-13-8-5-4-6-9-13/h10,13H,3-9,11-12H2,1-2H3,(H,18,19,21). The zero-order chi connectivity index (χ0) is 16.7. The Hall–Kier alpha value is -1.30. The molecule has 1 fully saturated rings. The van der Waals surface area contributed by atoms with Crippen molar-refractivity contribution in [3.63, 3.8) is 0 Å². The average molecular weight is 337 g/mol. The number of carbonyl (C=O) groups excluding carboxylic acids is 1. The van der Waals surface area contributed by atoms with E-state index in [4.69, 9.17) is 0 Å².